The number of amides is 1. The third-order valence-electron chi connectivity index (χ3n) is 4.41. The van der Waals surface area contributed by atoms with Gasteiger partial charge in [0.25, 0.3) is 0 Å². The van der Waals surface area contributed by atoms with E-state index in [0.717, 1.165) is 26.5 Å². The lowest BCUT2D eigenvalue weighted by Gasteiger charge is -2.15. The smallest absolute Gasteiger partial charge is 0.233 e. The van der Waals surface area contributed by atoms with Gasteiger partial charge in [-0.15, -0.1) is 21.5 Å². The third-order valence-corrected chi connectivity index (χ3v) is 6.77. The molecule has 0 bridgehead atoms. The molecular weight excluding hydrogens is 426 g/mol. The fourth-order valence-electron chi connectivity index (χ4n) is 2.75. The number of para-hydroxylation sites is 1. The van der Waals surface area contributed by atoms with E-state index in [-0.39, 0.29) is 11.7 Å². The Morgan fingerprint density at radius 3 is 2.90 bits per heavy atom. The molecule has 0 spiro atoms. The molecule has 0 fully saturated rings. The number of fused-ring (bicyclic) bond motifs is 1. The highest BCUT2D eigenvalue weighted by atomic mass is 35.5. The molecule has 0 atom stereocenters. The van der Waals surface area contributed by atoms with Crippen molar-refractivity contribution in [3.05, 3.63) is 64.4 Å². The molecule has 2 aromatic carbocycles. The lowest BCUT2D eigenvalue weighted by molar-refractivity contribution is -0.127. The predicted octanol–water partition coefficient (Wildman–Crippen LogP) is 4.59. The normalized spacial score (nSPS) is 11.1. The number of thiazole rings is 1. The standard InChI is InChI=1S/C20H18ClN5OS2/c1-13-7-8-14(9-15(13)21)26-12-22-24-20(26)28-11-19(27)25(2)10-18-23-16-5-3-4-6-17(16)29-18/h3-9,12H,10-11H2,1-2H3. The molecule has 0 unspecified atom stereocenters. The Balaban J connectivity index is 1.40. The van der Waals surface area contributed by atoms with Crippen LogP contribution in [0.15, 0.2) is 53.9 Å². The number of aromatic nitrogens is 4. The SMILES string of the molecule is Cc1ccc(-n2cnnc2SCC(=O)N(C)Cc2nc3ccccc3s2)cc1Cl. The maximum atomic E-state index is 12.6. The summed E-state index contributed by atoms with van der Waals surface area (Å²) in [7, 11) is 1.79. The average molecular weight is 444 g/mol. The Hall–Kier alpha value is -2.42. The molecule has 6 nitrogen and oxygen atoms in total. The molecule has 0 N–H and O–H groups in total. The van der Waals surface area contributed by atoms with Gasteiger partial charge in [-0.3, -0.25) is 9.36 Å². The van der Waals surface area contributed by atoms with E-state index in [9.17, 15) is 4.79 Å². The van der Waals surface area contributed by atoms with Gasteiger partial charge < -0.3 is 4.90 Å². The number of hydrogen-bond acceptors (Lipinski definition) is 6. The van der Waals surface area contributed by atoms with Crippen LogP contribution in [0, 0.1) is 6.92 Å². The summed E-state index contributed by atoms with van der Waals surface area (Å²) < 4.78 is 2.96. The van der Waals surface area contributed by atoms with Crippen molar-refractivity contribution in [1.29, 1.82) is 0 Å². The van der Waals surface area contributed by atoms with Gasteiger partial charge in [0.2, 0.25) is 5.91 Å². The van der Waals surface area contributed by atoms with Gasteiger partial charge in [-0.05, 0) is 36.8 Å². The van der Waals surface area contributed by atoms with E-state index in [1.54, 1.807) is 29.6 Å². The number of halogens is 1. The van der Waals surface area contributed by atoms with Gasteiger partial charge in [0, 0.05) is 12.1 Å². The van der Waals surface area contributed by atoms with Crippen molar-refractivity contribution >= 4 is 50.8 Å². The number of thioether (sulfide) groups is 1. The highest BCUT2D eigenvalue weighted by molar-refractivity contribution is 7.99. The summed E-state index contributed by atoms with van der Waals surface area (Å²) in [6.45, 7) is 2.44. The van der Waals surface area contributed by atoms with E-state index >= 15 is 0 Å². The highest BCUT2D eigenvalue weighted by Crippen LogP contribution is 2.25. The first-order chi connectivity index (χ1) is 14.0. The van der Waals surface area contributed by atoms with Crippen LogP contribution < -0.4 is 0 Å². The number of carbonyl (C=O) groups is 1. The Kier molecular flexibility index (Phi) is 5.84. The summed E-state index contributed by atoms with van der Waals surface area (Å²) in [6.07, 6.45) is 1.62. The van der Waals surface area contributed by atoms with Gasteiger partial charge in [-0.1, -0.05) is 41.6 Å². The van der Waals surface area contributed by atoms with Crippen LogP contribution in [0.25, 0.3) is 15.9 Å². The fraction of sp³-hybridized carbons (Fsp3) is 0.200. The molecule has 2 heterocycles. The second-order valence-electron chi connectivity index (χ2n) is 6.53. The number of rotatable bonds is 6. The van der Waals surface area contributed by atoms with Crippen molar-refractivity contribution in [2.45, 2.75) is 18.6 Å². The zero-order valence-corrected chi connectivity index (χ0v) is 18.3. The molecular formula is C20H18ClN5OS2. The minimum atomic E-state index is 0.00532. The van der Waals surface area contributed by atoms with Gasteiger partial charge in [0.15, 0.2) is 5.16 Å². The van der Waals surface area contributed by atoms with Gasteiger partial charge in [-0.25, -0.2) is 4.98 Å². The Bertz CT molecular complexity index is 1140. The predicted molar refractivity (Wildman–Crippen MR) is 118 cm³/mol. The van der Waals surface area contributed by atoms with Crippen LogP contribution in [0.1, 0.15) is 10.6 Å². The van der Waals surface area contributed by atoms with Crippen LogP contribution in [-0.2, 0) is 11.3 Å². The summed E-state index contributed by atoms with van der Waals surface area (Å²) in [6, 6.07) is 13.8. The van der Waals surface area contributed by atoms with Crippen LogP contribution in [0.3, 0.4) is 0 Å². The summed E-state index contributed by atoms with van der Waals surface area (Å²) in [5.41, 5.74) is 2.83. The largest absolute Gasteiger partial charge is 0.338 e. The number of aryl methyl sites for hydroxylation is 1. The molecule has 0 aliphatic carbocycles. The van der Waals surface area contributed by atoms with E-state index in [4.69, 9.17) is 11.6 Å². The fourth-order valence-corrected chi connectivity index (χ4v) is 4.81. The number of hydrogen-bond donors (Lipinski definition) is 0. The van der Waals surface area contributed by atoms with E-state index < -0.39 is 0 Å². The van der Waals surface area contributed by atoms with Crippen LogP contribution in [0.2, 0.25) is 5.02 Å². The molecule has 0 saturated heterocycles. The maximum absolute atomic E-state index is 12.6. The molecule has 9 heteroatoms. The molecule has 2 aromatic heterocycles. The first kappa shape index (κ1) is 19.9. The quantitative estimate of drug-likeness (QED) is 0.408. The van der Waals surface area contributed by atoms with Crippen LogP contribution in [0.5, 0.6) is 0 Å². The van der Waals surface area contributed by atoms with E-state index in [2.05, 4.69) is 15.2 Å². The lowest BCUT2D eigenvalue weighted by Crippen LogP contribution is -2.27. The maximum Gasteiger partial charge on any atom is 0.233 e. The number of benzene rings is 2. The van der Waals surface area contributed by atoms with E-state index in [1.165, 1.54) is 11.8 Å². The molecule has 29 heavy (non-hydrogen) atoms. The molecule has 1 amide bonds. The summed E-state index contributed by atoms with van der Waals surface area (Å²) in [5.74, 6) is 0.269. The summed E-state index contributed by atoms with van der Waals surface area (Å²) in [4.78, 5) is 18.9. The van der Waals surface area contributed by atoms with Gasteiger partial charge in [-0.2, -0.15) is 0 Å². The van der Waals surface area contributed by atoms with Gasteiger partial charge in [0.1, 0.15) is 11.3 Å². The van der Waals surface area contributed by atoms with Crippen LogP contribution in [-0.4, -0.2) is 43.4 Å². The van der Waals surface area contributed by atoms with Crippen molar-refractivity contribution in [1.82, 2.24) is 24.6 Å². The summed E-state index contributed by atoms with van der Waals surface area (Å²) in [5, 5.41) is 10.4. The minimum Gasteiger partial charge on any atom is -0.338 e. The zero-order valence-electron chi connectivity index (χ0n) is 15.9. The van der Waals surface area contributed by atoms with Crippen molar-refractivity contribution in [3.8, 4) is 5.69 Å². The first-order valence-corrected chi connectivity index (χ1v) is 11.1. The average Bonchev–Trinajstić information content (AvgIpc) is 3.34. The molecule has 148 valence electrons. The van der Waals surface area contributed by atoms with Gasteiger partial charge >= 0.3 is 0 Å². The van der Waals surface area contributed by atoms with E-state index in [1.807, 2.05) is 54.0 Å². The molecule has 0 aliphatic heterocycles. The zero-order chi connectivity index (χ0) is 20.4. The summed E-state index contributed by atoms with van der Waals surface area (Å²) >= 11 is 9.19. The Labute approximate surface area is 181 Å². The minimum absolute atomic E-state index is 0.00532. The highest BCUT2D eigenvalue weighted by Gasteiger charge is 2.15. The second kappa shape index (κ2) is 8.52. The second-order valence-corrected chi connectivity index (χ2v) is 9.00. The van der Waals surface area contributed by atoms with Crippen molar-refractivity contribution < 1.29 is 4.79 Å². The molecule has 4 aromatic rings. The van der Waals surface area contributed by atoms with Crippen LogP contribution in [0.4, 0.5) is 0 Å². The Morgan fingerprint density at radius 2 is 2.10 bits per heavy atom. The topological polar surface area (TPSA) is 63.9 Å². The first-order valence-electron chi connectivity index (χ1n) is 8.89. The van der Waals surface area contributed by atoms with Crippen molar-refractivity contribution in [2.24, 2.45) is 0 Å². The van der Waals surface area contributed by atoms with Crippen LogP contribution >= 0.6 is 34.7 Å². The van der Waals surface area contributed by atoms with Gasteiger partial charge in [0.05, 0.1) is 28.2 Å². The molecule has 0 radical (unpaired) electrons. The van der Waals surface area contributed by atoms with Crippen molar-refractivity contribution in [3.63, 3.8) is 0 Å². The molecule has 0 aliphatic rings. The molecule has 0 saturated carbocycles. The number of carbonyl (C=O) groups excluding carboxylic acids is 1. The lowest BCUT2D eigenvalue weighted by atomic mass is 10.2. The monoisotopic (exact) mass is 443 g/mol. The van der Waals surface area contributed by atoms with Crippen molar-refractivity contribution in [2.75, 3.05) is 12.8 Å². The number of nitrogens with zero attached hydrogens (tertiary/aromatic N) is 5. The molecule has 4 rings (SSSR count). The van der Waals surface area contributed by atoms with E-state index in [0.29, 0.717) is 16.7 Å². The third kappa shape index (κ3) is 4.44. The Morgan fingerprint density at radius 1 is 1.28 bits per heavy atom.